The summed E-state index contributed by atoms with van der Waals surface area (Å²) >= 11 is 0. The van der Waals surface area contributed by atoms with Gasteiger partial charge in [-0.05, 0) is 52.5 Å². The van der Waals surface area contributed by atoms with E-state index in [1.807, 2.05) is 24.3 Å². The van der Waals surface area contributed by atoms with Crippen molar-refractivity contribution in [2.24, 2.45) is 0 Å². The van der Waals surface area contributed by atoms with E-state index in [2.05, 4.69) is 50.1 Å². The molecule has 1 aromatic heterocycles. The molecule has 0 fully saturated rings. The van der Waals surface area contributed by atoms with Crippen molar-refractivity contribution in [3.63, 3.8) is 0 Å². The Hall–Kier alpha value is -1.78. The summed E-state index contributed by atoms with van der Waals surface area (Å²) in [6.07, 6.45) is 5.16. The summed E-state index contributed by atoms with van der Waals surface area (Å²) in [5.41, 5.74) is 3.84. The van der Waals surface area contributed by atoms with E-state index in [0.29, 0.717) is 0 Å². The highest BCUT2D eigenvalue weighted by atomic mass is 15.4. The van der Waals surface area contributed by atoms with Gasteiger partial charge in [0.15, 0.2) is 0 Å². The van der Waals surface area contributed by atoms with E-state index in [9.17, 15) is 0 Å². The molecule has 1 aliphatic carbocycles. The van der Waals surface area contributed by atoms with E-state index in [-0.39, 0.29) is 5.66 Å². The van der Waals surface area contributed by atoms with Crippen LogP contribution in [0, 0.1) is 0 Å². The Balaban J connectivity index is 2.13. The SMILES string of the molecule is CN(C)C1(N(C)C)C=Cc2nc3ccccc3nc2C1. The first-order chi connectivity index (χ1) is 9.53. The van der Waals surface area contributed by atoms with E-state index >= 15 is 0 Å². The summed E-state index contributed by atoms with van der Waals surface area (Å²) in [6, 6.07) is 8.04. The van der Waals surface area contributed by atoms with Gasteiger partial charge < -0.3 is 0 Å². The molecule has 4 nitrogen and oxygen atoms in total. The minimum absolute atomic E-state index is 0.135. The van der Waals surface area contributed by atoms with E-state index in [4.69, 9.17) is 9.97 Å². The largest absolute Gasteiger partial charge is 0.288 e. The van der Waals surface area contributed by atoms with Crippen LogP contribution in [-0.2, 0) is 6.42 Å². The quantitative estimate of drug-likeness (QED) is 0.780. The predicted octanol–water partition coefficient (Wildman–Crippen LogP) is 2.02. The van der Waals surface area contributed by atoms with Gasteiger partial charge in [0.2, 0.25) is 0 Å². The third kappa shape index (κ3) is 1.92. The number of rotatable bonds is 2. The van der Waals surface area contributed by atoms with Gasteiger partial charge in [0.1, 0.15) is 0 Å². The number of aromatic nitrogens is 2. The molecule has 4 heteroatoms. The molecule has 1 aliphatic rings. The molecular weight excluding hydrogens is 248 g/mol. The molecule has 0 atom stereocenters. The standard InChI is InChI=1S/C16H20N4/c1-19(2)16(20(3)4)10-9-14-15(11-16)18-13-8-6-5-7-12(13)17-14/h5-10H,11H2,1-4H3. The lowest BCUT2D eigenvalue weighted by Gasteiger charge is -2.44. The smallest absolute Gasteiger partial charge is 0.0980 e. The van der Waals surface area contributed by atoms with Gasteiger partial charge >= 0.3 is 0 Å². The average Bonchev–Trinajstić information content (AvgIpc) is 2.43. The fourth-order valence-electron chi connectivity index (χ4n) is 2.85. The molecule has 0 unspecified atom stereocenters. The third-order valence-corrected chi connectivity index (χ3v) is 4.16. The molecule has 0 N–H and O–H groups in total. The maximum Gasteiger partial charge on any atom is 0.0980 e. The van der Waals surface area contributed by atoms with Gasteiger partial charge in [-0.25, -0.2) is 9.97 Å². The number of para-hydroxylation sites is 2. The van der Waals surface area contributed by atoms with Crippen molar-refractivity contribution >= 4 is 17.1 Å². The molecule has 0 amide bonds. The van der Waals surface area contributed by atoms with E-state index in [0.717, 1.165) is 28.8 Å². The highest BCUT2D eigenvalue weighted by Gasteiger charge is 2.36. The molecule has 0 saturated heterocycles. The normalized spacial score (nSPS) is 16.9. The lowest BCUT2D eigenvalue weighted by Crippen LogP contribution is -2.56. The average molecular weight is 268 g/mol. The zero-order chi connectivity index (χ0) is 14.3. The number of fused-ring (bicyclic) bond motifs is 2. The first-order valence-corrected chi connectivity index (χ1v) is 6.83. The van der Waals surface area contributed by atoms with Crippen LogP contribution in [-0.4, -0.2) is 53.6 Å². The zero-order valence-corrected chi connectivity index (χ0v) is 12.5. The van der Waals surface area contributed by atoms with Gasteiger partial charge in [-0.2, -0.15) is 0 Å². The topological polar surface area (TPSA) is 32.3 Å². The minimum Gasteiger partial charge on any atom is -0.288 e. The fourth-order valence-corrected chi connectivity index (χ4v) is 2.85. The van der Waals surface area contributed by atoms with Crippen molar-refractivity contribution < 1.29 is 0 Å². The van der Waals surface area contributed by atoms with Gasteiger partial charge in [-0.1, -0.05) is 12.1 Å². The van der Waals surface area contributed by atoms with Crippen LogP contribution in [0.25, 0.3) is 17.1 Å². The van der Waals surface area contributed by atoms with Gasteiger partial charge in [0.05, 0.1) is 28.1 Å². The summed E-state index contributed by atoms with van der Waals surface area (Å²) in [4.78, 5) is 14.0. The van der Waals surface area contributed by atoms with Gasteiger partial charge in [-0.3, -0.25) is 9.80 Å². The Kier molecular flexibility index (Phi) is 3.07. The summed E-state index contributed by atoms with van der Waals surface area (Å²) in [5.74, 6) is 0. The van der Waals surface area contributed by atoms with Crippen molar-refractivity contribution in [3.05, 3.63) is 41.7 Å². The van der Waals surface area contributed by atoms with Crippen LogP contribution in [0.1, 0.15) is 11.4 Å². The molecule has 0 spiro atoms. The first kappa shape index (κ1) is 13.2. The van der Waals surface area contributed by atoms with E-state index < -0.39 is 0 Å². The summed E-state index contributed by atoms with van der Waals surface area (Å²) in [5, 5.41) is 0. The maximum absolute atomic E-state index is 4.81. The zero-order valence-electron chi connectivity index (χ0n) is 12.5. The highest BCUT2D eigenvalue weighted by Crippen LogP contribution is 2.30. The Labute approximate surface area is 119 Å². The van der Waals surface area contributed by atoms with Crippen molar-refractivity contribution in [1.82, 2.24) is 19.8 Å². The van der Waals surface area contributed by atoms with Crippen molar-refractivity contribution in [3.8, 4) is 0 Å². The van der Waals surface area contributed by atoms with Crippen LogP contribution < -0.4 is 0 Å². The Morgan fingerprint density at radius 2 is 1.55 bits per heavy atom. The van der Waals surface area contributed by atoms with Crippen molar-refractivity contribution in [2.45, 2.75) is 12.1 Å². The molecule has 20 heavy (non-hydrogen) atoms. The predicted molar refractivity (Wildman–Crippen MR) is 82.4 cm³/mol. The molecule has 0 radical (unpaired) electrons. The van der Waals surface area contributed by atoms with Crippen LogP contribution >= 0.6 is 0 Å². The van der Waals surface area contributed by atoms with Gasteiger partial charge in [0, 0.05) is 6.42 Å². The summed E-state index contributed by atoms with van der Waals surface area (Å²) in [7, 11) is 8.40. The molecule has 0 aliphatic heterocycles. The van der Waals surface area contributed by atoms with E-state index in [1.165, 1.54) is 0 Å². The second-order valence-corrected chi connectivity index (χ2v) is 5.72. The molecule has 1 heterocycles. The number of hydrogen-bond acceptors (Lipinski definition) is 4. The van der Waals surface area contributed by atoms with Crippen molar-refractivity contribution in [2.75, 3.05) is 28.2 Å². The number of benzene rings is 1. The Morgan fingerprint density at radius 1 is 0.950 bits per heavy atom. The van der Waals surface area contributed by atoms with Gasteiger partial charge in [0.25, 0.3) is 0 Å². The lowest BCUT2D eigenvalue weighted by atomic mass is 9.93. The van der Waals surface area contributed by atoms with Crippen LogP contribution in [0.3, 0.4) is 0 Å². The lowest BCUT2D eigenvalue weighted by molar-refractivity contribution is 0.0491. The second-order valence-electron chi connectivity index (χ2n) is 5.72. The van der Waals surface area contributed by atoms with Crippen LogP contribution in [0.5, 0.6) is 0 Å². The van der Waals surface area contributed by atoms with E-state index in [1.54, 1.807) is 0 Å². The molecule has 3 rings (SSSR count). The second kappa shape index (κ2) is 4.65. The van der Waals surface area contributed by atoms with Crippen LogP contribution in [0.2, 0.25) is 0 Å². The van der Waals surface area contributed by atoms with Crippen LogP contribution in [0.4, 0.5) is 0 Å². The number of hydrogen-bond donors (Lipinski definition) is 0. The Bertz CT molecular complexity index is 665. The third-order valence-electron chi connectivity index (χ3n) is 4.16. The molecule has 2 aromatic rings. The molecule has 0 bridgehead atoms. The minimum atomic E-state index is -0.135. The number of nitrogens with zero attached hydrogens (tertiary/aromatic N) is 4. The maximum atomic E-state index is 4.81. The molecule has 1 aromatic carbocycles. The number of likely N-dealkylation sites (N-methyl/N-ethyl adjacent to an activating group) is 2. The summed E-state index contributed by atoms with van der Waals surface area (Å²) in [6.45, 7) is 0. The first-order valence-electron chi connectivity index (χ1n) is 6.83. The molecular formula is C16H20N4. The molecule has 104 valence electrons. The Morgan fingerprint density at radius 3 is 2.15 bits per heavy atom. The highest BCUT2D eigenvalue weighted by molar-refractivity contribution is 5.76. The van der Waals surface area contributed by atoms with Crippen LogP contribution in [0.15, 0.2) is 30.3 Å². The fraction of sp³-hybridized carbons (Fsp3) is 0.375. The monoisotopic (exact) mass is 268 g/mol. The van der Waals surface area contributed by atoms with Crippen molar-refractivity contribution in [1.29, 1.82) is 0 Å². The van der Waals surface area contributed by atoms with Gasteiger partial charge in [-0.15, -0.1) is 0 Å². The molecule has 0 saturated carbocycles. The summed E-state index contributed by atoms with van der Waals surface area (Å²) < 4.78 is 0.